The molecule has 36 valence electrons. The Morgan fingerprint density at radius 2 is 1.86 bits per heavy atom. The van der Waals surface area contributed by atoms with Gasteiger partial charge in [-0.25, -0.2) is 0 Å². The summed E-state index contributed by atoms with van der Waals surface area (Å²) in [4.78, 5) is 0. The predicted octanol–water partition coefficient (Wildman–Crippen LogP) is 1.49. The first-order valence-corrected chi connectivity index (χ1v) is 2.03. The molecular weight excluding hydrogens is 79.0 g/mol. The van der Waals surface area contributed by atoms with E-state index in [4.69, 9.17) is 0 Å². The summed E-state index contributed by atoms with van der Waals surface area (Å²) in [7, 11) is 0. The molecule has 0 atom stereocenters. The third-order valence-corrected chi connectivity index (χ3v) is 0.451. The van der Waals surface area contributed by atoms with Crippen LogP contribution in [0.25, 0.3) is 0 Å². The standard InChI is InChI=1S/C6H10.Li.H/c1-4-5-6(2)3;;/h4-5H,1H2,2-3H3;;. The van der Waals surface area contributed by atoms with E-state index < -0.39 is 0 Å². The van der Waals surface area contributed by atoms with E-state index in [-0.39, 0.29) is 18.9 Å². The summed E-state index contributed by atoms with van der Waals surface area (Å²) in [6.07, 6.45) is 3.76. The van der Waals surface area contributed by atoms with Crippen molar-refractivity contribution < 1.29 is 0 Å². The van der Waals surface area contributed by atoms with Crippen molar-refractivity contribution in [3.63, 3.8) is 0 Å². The molecule has 0 aliphatic rings. The van der Waals surface area contributed by atoms with Gasteiger partial charge >= 0.3 is 18.9 Å². The monoisotopic (exact) mass is 90.1 g/mol. The van der Waals surface area contributed by atoms with Crippen LogP contribution >= 0.6 is 0 Å². The van der Waals surface area contributed by atoms with Crippen LogP contribution in [0.15, 0.2) is 24.3 Å². The summed E-state index contributed by atoms with van der Waals surface area (Å²) >= 11 is 0. The van der Waals surface area contributed by atoms with Crippen molar-refractivity contribution in [2.45, 2.75) is 13.8 Å². The number of hydrogen-bond acceptors (Lipinski definition) is 0. The van der Waals surface area contributed by atoms with E-state index in [2.05, 4.69) is 6.58 Å². The van der Waals surface area contributed by atoms with Gasteiger partial charge in [-0.2, -0.15) is 0 Å². The minimum atomic E-state index is 0. The molecule has 0 aromatic rings. The molecule has 0 saturated carbocycles. The molecule has 0 nitrogen and oxygen atoms in total. The molecular formula is C6H11Li. The second kappa shape index (κ2) is 6.08. The van der Waals surface area contributed by atoms with Crippen molar-refractivity contribution in [1.82, 2.24) is 0 Å². The summed E-state index contributed by atoms with van der Waals surface area (Å²) in [6.45, 7) is 7.61. The Morgan fingerprint density at radius 1 is 1.43 bits per heavy atom. The molecule has 0 radical (unpaired) electrons. The second-order valence-corrected chi connectivity index (χ2v) is 1.48. The molecule has 0 aromatic heterocycles. The number of allylic oxidation sites excluding steroid dienone is 3. The Bertz CT molecular complexity index is 68.2. The molecule has 0 aliphatic heterocycles. The van der Waals surface area contributed by atoms with E-state index in [1.807, 2.05) is 19.9 Å². The van der Waals surface area contributed by atoms with Crippen LogP contribution in [-0.2, 0) is 0 Å². The van der Waals surface area contributed by atoms with Gasteiger partial charge in [-0.15, -0.1) is 0 Å². The molecule has 0 fully saturated rings. The zero-order chi connectivity index (χ0) is 4.99. The van der Waals surface area contributed by atoms with Crippen LogP contribution in [0.5, 0.6) is 0 Å². The zero-order valence-electron chi connectivity index (χ0n) is 4.36. The first kappa shape index (κ1) is 10.1. The van der Waals surface area contributed by atoms with Gasteiger partial charge in [0.2, 0.25) is 0 Å². The predicted molar refractivity (Wildman–Crippen MR) is 36.8 cm³/mol. The minimum absolute atomic E-state index is 0. The van der Waals surface area contributed by atoms with Crippen molar-refractivity contribution >= 4 is 18.9 Å². The van der Waals surface area contributed by atoms with Crippen molar-refractivity contribution in [2.75, 3.05) is 0 Å². The Morgan fingerprint density at radius 3 is 1.86 bits per heavy atom. The molecule has 1 heteroatoms. The van der Waals surface area contributed by atoms with E-state index in [9.17, 15) is 0 Å². The molecule has 0 bridgehead atoms. The summed E-state index contributed by atoms with van der Waals surface area (Å²) < 4.78 is 0. The first-order chi connectivity index (χ1) is 2.77. The number of hydrogen-bond donors (Lipinski definition) is 0. The summed E-state index contributed by atoms with van der Waals surface area (Å²) in [5.74, 6) is 0. The van der Waals surface area contributed by atoms with Crippen LogP contribution in [-0.4, -0.2) is 18.9 Å². The molecule has 0 aliphatic carbocycles. The normalized spacial score (nSPS) is 6.00. The van der Waals surface area contributed by atoms with Gasteiger partial charge in [0, 0.05) is 0 Å². The maximum atomic E-state index is 3.52. The SMILES string of the molecule is C=CC=C(C)C.[LiH]. The van der Waals surface area contributed by atoms with Gasteiger partial charge in [-0.05, 0) is 13.8 Å². The van der Waals surface area contributed by atoms with Crippen LogP contribution < -0.4 is 0 Å². The zero-order valence-corrected chi connectivity index (χ0v) is 4.36. The molecule has 0 amide bonds. The van der Waals surface area contributed by atoms with Crippen LogP contribution in [0, 0.1) is 0 Å². The van der Waals surface area contributed by atoms with Crippen molar-refractivity contribution in [3.05, 3.63) is 24.3 Å². The average Bonchev–Trinajstić information content (AvgIpc) is 1.35. The Labute approximate surface area is 57.5 Å². The molecule has 0 spiro atoms. The van der Waals surface area contributed by atoms with Crippen molar-refractivity contribution in [1.29, 1.82) is 0 Å². The van der Waals surface area contributed by atoms with Gasteiger partial charge in [0.05, 0.1) is 0 Å². The van der Waals surface area contributed by atoms with Crippen LogP contribution in [0.1, 0.15) is 13.8 Å². The fraction of sp³-hybridized carbons (Fsp3) is 0.333. The van der Waals surface area contributed by atoms with Crippen LogP contribution in [0.3, 0.4) is 0 Å². The van der Waals surface area contributed by atoms with Gasteiger partial charge < -0.3 is 0 Å². The van der Waals surface area contributed by atoms with Gasteiger partial charge in [-0.1, -0.05) is 24.3 Å². The van der Waals surface area contributed by atoms with E-state index in [0.29, 0.717) is 0 Å². The average molecular weight is 90.1 g/mol. The molecule has 0 saturated heterocycles. The van der Waals surface area contributed by atoms with Gasteiger partial charge in [0.1, 0.15) is 0 Å². The van der Waals surface area contributed by atoms with E-state index in [1.54, 1.807) is 6.08 Å². The Hall–Kier alpha value is 0.0774. The molecule has 7 heavy (non-hydrogen) atoms. The maximum absolute atomic E-state index is 3.52. The van der Waals surface area contributed by atoms with Gasteiger partial charge in [0.15, 0.2) is 0 Å². The second-order valence-electron chi connectivity index (χ2n) is 1.48. The van der Waals surface area contributed by atoms with E-state index in [0.717, 1.165) is 0 Å². The van der Waals surface area contributed by atoms with Crippen molar-refractivity contribution in [2.24, 2.45) is 0 Å². The third kappa shape index (κ3) is 10.7. The van der Waals surface area contributed by atoms with Gasteiger partial charge in [-0.3, -0.25) is 0 Å². The van der Waals surface area contributed by atoms with E-state index >= 15 is 0 Å². The first-order valence-electron chi connectivity index (χ1n) is 2.03. The topological polar surface area (TPSA) is 0 Å². The van der Waals surface area contributed by atoms with Crippen LogP contribution in [0.4, 0.5) is 0 Å². The molecule has 0 unspecified atom stereocenters. The molecule has 0 heterocycles. The quantitative estimate of drug-likeness (QED) is 0.338. The van der Waals surface area contributed by atoms with Gasteiger partial charge in [0.25, 0.3) is 0 Å². The fourth-order valence-corrected chi connectivity index (χ4v) is 0.236. The molecule has 0 N–H and O–H groups in total. The molecule has 0 aromatic carbocycles. The third-order valence-electron chi connectivity index (χ3n) is 0.451. The summed E-state index contributed by atoms with van der Waals surface area (Å²) in [6, 6.07) is 0. The number of rotatable bonds is 1. The Kier molecular flexibility index (Phi) is 8.80. The summed E-state index contributed by atoms with van der Waals surface area (Å²) in [5, 5.41) is 0. The van der Waals surface area contributed by atoms with Crippen molar-refractivity contribution in [3.8, 4) is 0 Å². The van der Waals surface area contributed by atoms with E-state index in [1.165, 1.54) is 5.57 Å². The summed E-state index contributed by atoms with van der Waals surface area (Å²) in [5.41, 5.74) is 1.30. The van der Waals surface area contributed by atoms with Crippen LogP contribution in [0.2, 0.25) is 0 Å². The molecule has 0 rings (SSSR count). The fourth-order valence-electron chi connectivity index (χ4n) is 0.236. The Balaban J connectivity index is 0.